The average Bonchev–Trinajstić information content (AvgIpc) is 2.39. The zero-order chi connectivity index (χ0) is 14.4. The van der Waals surface area contributed by atoms with Crippen molar-refractivity contribution < 1.29 is 9.47 Å². The third-order valence-corrected chi connectivity index (χ3v) is 3.54. The first kappa shape index (κ1) is 16.0. The topological polar surface area (TPSA) is 47.7 Å². The van der Waals surface area contributed by atoms with Crippen molar-refractivity contribution in [1.82, 2.24) is 0 Å². The Morgan fingerprint density at radius 1 is 1.21 bits per heavy atom. The van der Waals surface area contributed by atoms with Gasteiger partial charge in [-0.2, -0.15) is 0 Å². The third-order valence-electron chi connectivity index (χ3n) is 3.54. The molecule has 4 heteroatoms. The van der Waals surface area contributed by atoms with Crippen LogP contribution in [-0.4, -0.2) is 40.1 Å². The largest absolute Gasteiger partial charge is 0.370 e. The lowest BCUT2D eigenvalue weighted by Gasteiger charge is -2.32. The lowest BCUT2D eigenvalue weighted by Crippen LogP contribution is -2.41. The van der Waals surface area contributed by atoms with Crippen LogP contribution in [0.5, 0.6) is 0 Å². The van der Waals surface area contributed by atoms with E-state index in [0.717, 1.165) is 6.42 Å². The summed E-state index contributed by atoms with van der Waals surface area (Å²) in [7, 11) is 5.37. The molecular weight excluding hydrogens is 240 g/mol. The van der Waals surface area contributed by atoms with E-state index in [0.29, 0.717) is 6.54 Å². The van der Waals surface area contributed by atoms with Gasteiger partial charge in [0.1, 0.15) is 0 Å². The van der Waals surface area contributed by atoms with Gasteiger partial charge in [-0.05, 0) is 25.5 Å². The Morgan fingerprint density at radius 3 is 2.32 bits per heavy atom. The quantitative estimate of drug-likeness (QED) is 0.768. The van der Waals surface area contributed by atoms with Crippen LogP contribution >= 0.6 is 0 Å². The molecule has 1 aromatic rings. The summed E-state index contributed by atoms with van der Waals surface area (Å²) in [4.78, 5) is 2.21. The molecule has 0 aliphatic carbocycles. The predicted molar refractivity (Wildman–Crippen MR) is 79.6 cm³/mol. The van der Waals surface area contributed by atoms with E-state index in [2.05, 4.69) is 44.0 Å². The molecule has 0 aromatic heterocycles. The molecule has 0 bridgehead atoms. The summed E-state index contributed by atoms with van der Waals surface area (Å²) >= 11 is 0. The van der Waals surface area contributed by atoms with E-state index in [-0.39, 0.29) is 12.3 Å². The lowest BCUT2D eigenvalue weighted by molar-refractivity contribution is -0.108. The minimum absolute atomic E-state index is 0.186. The molecule has 1 atom stereocenters. The summed E-state index contributed by atoms with van der Waals surface area (Å²) in [5.41, 5.74) is 9.62. The molecular formula is C15H26N2O2. The fraction of sp³-hybridized carbons (Fsp3) is 0.600. The van der Waals surface area contributed by atoms with Gasteiger partial charge in [0.15, 0.2) is 6.29 Å². The molecule has 0 heterocycles. The number of hydrogen-bond donors (Lipinski definition) is 1. The molecule has 0 radical (unpaired) electrons. The highest BCUT2D eigenvalue weighted by molar-refractivity contribution is 5.54. The van der Waals surface area contributed by atoms with Gasteiger partial charge in [0.05, 0.1) is 0 Å². The maximum absolute atomic E-state index is 5.90. The average molecular weight is 266 g/mol. The summed E-state index contributed by atoms with van der Waals surface area (Å²) in [6.45, 7) is 4.78. The van der Waals surface area contributed by atoms with Crippen LogP contribution in [0.15, 0.2) is 18.2 Å². The number of benzene rings is 1. The molecule has 0 fully saturated rings. The van der Waals surface area contributed by atoms with Crippen LogP contribution in [0.3, 0.4) is 0 Å². The van der Waals surface area contributed by atoms with Crippen molar-refractivity contribution in [3.8, 4) is 0 Å². The standard InChI is InChI=1S/C15H26N2O2/c1-11-6-7-14(12(2)8-11)17(3)13(10-16)9-15(18-4)19-5/h6-8,13,15H,9-10,16H2,1-5H3. The van der Waals surface area contributed by atoms with E-state index in [1.54, 1.807) is 14.2 Å². The van der Waals surface area contributed by atoms with Crippen molar-refractivity contribution in [2.24, 2.45) is 5.73 Å². The van der Waals surface area contributed by atoms with E-state index >= 15 is 0 Å². The van der Waals surface area contributed by atoms with E-state index < -0.39 is 0 Å². The number of nitrogens with zero attached hydrogens (tertiary/aromatic N) is 1. The van der Waals surface area contributed by atoms with E-state index in [9.17, 15) is 0 Å². The summed E-state index contributed by atoms with van der Waals surface area (Å²) in [5, 5.41) is 0. The Hall–Kier alpha value is -1.10. The maximum Gasteiger partial charge on any atom is 0.158 e. The van der Waals surface area contributed by atoms with Crippen molar-refractivity contribution in [1.29, 1.82) is 0 Å². The number of anilines is 1. The molecule has 4 nitrogen and oxygen atoms in total. The first-order chi connectivity index (χ1) is 9.03. The molecule has 1 unspecified atom stereocenters. The molecule has 108 valence electrons. The highest BCUT2D eigenvalue weighted by Crippen LogP contribution is 2.23. The number of hydrogen-bond acceptors (Lipinski definition) is 4. The summed E-state index contributed by atoms with van der Waals surface area (Å²) in [6.07, 6.45) is 0.523. The molecule has 1 rings (SSSR count). The zero-order valence-corrected chi connectivity index (χ0v) is 12.6. The van der Waals surface area contributed by atoms with Crippen molar-refractivity contribution in [2.45, 2.75) is 32.6 Å². The fourth-order valence-electron chi connectivity index (χ4n) is 2.32. The molecule has 2 N–H and O–H groups in total. The van der Waals surface area contributed by atoms with Crippen LogP contribution in [0.1, 0.15) is 17.5 Å². The summed E-state index contributed by atoms with van der Waals surface area (Å²) in [6, 6.07) is 6.63. The molecule has 19 heavy (non-hydrogen) atoms. The van der Waals surface area contributed by atoms with E-state index in [4.69, 9.17) is 15.2 Å². The second kappa shape index (κ2) is 7.48. The highest BCUT2D eigenvalue weighted by atomic mass is 16.7. The van der Waals surface area contributed by atoms with Crippen LogP contribution in [-0.2, 0) is 9.47 Å². The van der Waals surface area contributed by atoms with Gasteiger partial charge in [0.2, 0.25) is 0 Å². The van der Waals surface area contributed by atoms with Crippen LogP contribution in [0, 0.1) is 13.8 Å². The third kappa shape index (κ3) is 4.20. The van der Waals surface area contributed by atoms with Crippen LogP contribution in [0.25, 0.3) is 0 Å². The van der Waals surface area contributed by atoms with Crippen molar-refractivity contribution in [2.75, 3.05) is 32.7 Å². The van der Waals surface area contributed by atoms with Gasteiger partial charge in [0, 0.05) is 46.0 Å². The molecule has 0 saturated carbocycles. The van der Waals surface area contributed by atoms with E-state index in [1.807, 2.05) is 0 Å². The summed E-state index contributed by atoms with van der Waals surface area (Å²) in [5.74, 6) is 0. The summed E-state index contributed by atoms with van der Waals surface area (Å²) < 4.78 is 10.5. The normalized spacial score (nSPS) is 12.8. The van der Waals surface area contributed by atoms with Gasteiger partial charge >= 0.3 is 0 Å². The number of ether oxygens (including phenoxy) is 2. The van der Waals surface area contributed by atoms with Gasteiger partial charge in [-0.25, -0.2) is 0 Å². The van der Waals surface area contributed by atoms with Gasteiger partial charge < -0.3 is 20.1 Å². The number of nitrogens with two attached hydrogens (primary N) is 1. The maximum atomic E-state index is 5.90. The highest BCUT2D eigenvalue weighted by Gasteiger charge is 2.20. The van der Waals surface area contributed by atoms with Crippen LogP contribution in [0.2, 0.25) is 0 Å². The van der Waals surface area contributed by atoms with Crippen molar-refractivity contribution >= 4 is 5.69 Å². The minimum Gasteiger partial charge on any atom is -0.370 e. The van der Waals surface area contributed by atoms with Crippen molar-refractivity contribution in [3.05, 3.63) is 29.3 Å². The Balaban J connectivity index is 2.85. The van der Waals surface area contributed by atoms with E-state index in [1.165, 1.54) is 16.8 Å². The smallest absolute Gasteiger partial charge is 0.158 e. The molecule has 0 aliphatic heterocycles. The number of likely N-dealkylation sites (N-methyl/N-ethyl adjacent to an activating group) is 1. The first-order valence-electron chi connectivity index (χ1n) is 6.59. The minimum atomic E-state index is -0.221. The number of aryl methyl sites for hydroxylation is 2. The Bertz CT molecular complexity index is 392. The second-order valence-electron chi connectivity index (χ2n) is 4.93. The van der Waals surface area contributed by atoms with Gasteiger partial charge in [-0.15, -0.1) is 0 Å². The Morgan fingerprint density at radius 2 is 1.84 bits per heavy atom. The molecule has 0 saturated heterocycles. The first-order valence-corrected chi connectivity index (χ1v) is 6.59. The number of rotatable bonds is 7. The molecule has 0 aliphatic rings. The molecule has 0 spiro atoms. The molecule has 1 aromatic carbocycles. The van der Waals surface area contributed by atoms with Crippen LogP contribution < -0.4 is 10.6 Å². The van der Waals surface area contributed by atoms with Crippen LogP contribution in [0.4, 0.5) is 5.69 Å². The predicted octanol–water partition coefficient (Wildman–Crippen LogP) is 2.08. The molecule has 0 amide bonds. The van der Waals surface area contributed by atoms with Gasteiger partial charge in [0.25, 0.3) is 0 Å². The van der Waals surface area contributed by atoms with Crippen molar-refractivity contribution in [3.63, 3.8) is 0 Å². The Labute approximate surface area is 116 Å². The lowest BCUT2D eigenvalue weighted by atomic mass is 10.1. The fourth-order valence-corrected chi connectivity index (χ4v) is 2.32. The Kier molecular flexibility index (Phi) is 6.28. The van der Waals surface area contributed by atoms with Gasteiger partial charge in [-0.1, -0.05) is 17.7 Å². The monoisotopic (exact) mass is 266 g/mol. The SMILES string of the molecule is COC(CC(CN)N(C)c1ccc(C)cc1C)OC. The number of methoxy groups -OCH3 is 2. The van der Waals surface area contributed by atoms with Gasteiger partial charge in [-0.3, -0.25) is 0 Å². The second-order valence-corrected chi connectivity index (χ2v) is 4.93. The zero-order valence-electron chi connectivity index (χ0n) is 12.6.